The first kappa shape index (κ1) is 18.2. The van der Waals surface area contributed by atoms with Gasteiger partial charge in [0.1, 0.15) is 17.1 Å². The molecule has 0 fully saturated rings. The van der Waals surface area contributed by atoms with Crippen LogP contribution in [0.2, 0.25) is 0 Å². The van der Waals surface area contributed by atoms with Crippen LogP contribution < -0.4 is 10.1 Å². The SMILES string of the molecule is COC(=O)c1cc(CNC(=O)C=Cc2ccc(F)cc2)ccc1OC. The molecule has 25 heavy (non-hydrogen) atoms. The first-order chi connectivity index (χ1) is 12.0. The summed E-state index contributed by atoms with van der Waals surface area (Å²) in [5, 5.41) is 2.71. The van der Waals surface area contributed by atoms with E-state index in [4.69, 9.17) is 9.47 Å². The van der Waals surface area contributed by atoms with Crippen LogP contribution in [-0.2, 0) is 16.1 Å². The lowest BCUT2D eigenvalue weighted by Gasteiger charge is -2.09. The first-order valence-electron chi connectivity index (χ1n) is 7.50. The Morgan fingerprint density at radius 1 is 1.12 bits per heavy atom. The Morgan fingerprint density at radius 2 is 1.84 bits per heavy atom. The number of carbonyl (C=O) groups is 2. The van der Waals surface area contributed by atoms with Gasteiger partial charge in [-0.3, -0.25) is 4.79 Å². The number of rotatable bonds is 6. The van der Waals surface area contributed by atoms with Gasteiger partial charge in [0.15, 0.2) is 0 Å². The lowest BCUT2D eigenvalue weighted by Crippen LogP contribution is -2.20. The molecule has 2 aromatic carbocycles. The molecule has 0 aromatic heterocycles. The van der Waals surface area contributed by atoms with Gasteiger partial charge in [-0.15, -0.1) is 0 Å². The van der Waals surface area contributed by atoms with Gasteiger partial charge in [-0.2, -0.15) is 0 Å². The Labute approximate surface area is 145 Å². The van der Waals surface area contributed by atoms with Crippen LogP contribution in [0.15, 0.2) is 48.5 Å². The molecule has 0 bridgehead atoms. The molecule has 0 saturated carbocycles. The average Bonchev–Trinajstić information content (AvgIpc) is 2.65. The molecule has 0 atom stereocenters. The first-order valence-corrected chi connectivity index (χ1v) is 7.50. The zero-order chi connectivity index (χ0) is 18.2. The Morgan fingerprint density at radius 3 is 2.48 bits per heavy atom. The highest BCUT2D eigenvalue weighted by atomic mass is 19.1. The van der Waals surface area contributed by atoms with E-state index in [1.165, 1.54) is 32.4 Å². The minimum atomic E-state index is -0.513. The number of amides is 1. The van der Waals surface area contributed by atoms with Crippen molar-refractivity contribution in [2.45, 2.75) is 6.54 Å². The van der Waals surface area contributed by atoms with Crippen LogP contribution >= 0.6 is 0 Å². The van der Waals surface area contributed by atoms with Crippen LogP contribution in [-0.4, -0.2) is 26.1 Å². The number of hydrogen-bond donors (Lipinski definition) is 1. The molecular formula is C19H18FNO4. The van der Waals surface area contributed by atoms with Crippen molar-refractivity contribution in [3.63, 3.8) is 0 Å². The summed E-state index contributed by atoms with van der Waals surface area (Å²) in [7, 11) is 2.75. The molecule has 0 spiro atoms. The summed E-state index contributed by atoms with van der Waals surface area (Å²) in [6.07, 6.45) is 2.95. The quantitative estimate of drug-likeness (QED) is 0.647. The predicted octanol–water partition coefficient (Wildman–Crippen LogP) is 2.95. The Bertz CT molecular complexity index is 785. The molecule has 0 saturated heterocycles. The second-order valence-electron chi connectivity index (χ2n) is 5.13. The van der Waals surface area contributed by atoms with Gasteiger partial charge in [0.2, 0.25) is 5.91 Å². The van der Waals surface area contributed by atoms with Gasteiger partial charge in [0, 0.05) is 12.6 Å². The van der Waals surface area contributed by atoms with Crippen molar-refractivity contribution in [3.05, 3.63) is 71.0 Å². The summed E-state index contributed by atoms with van der Waals surface area (Å²) in [4.78, 5) is 23.6. The number of carbonyl (C=O) groups excluding carboxylic acids is 2. The monoisotopic (exact) mass is 343 g/mol. The van der Waals surface area contributed by atoms with Gasteiger partial charge in [-0.05, 0) is 41.5 Å². The number of methoxy groups -OCH3 is 2. The molecule has 1 N–H and O–H groups in total. The summed E-state index contributed by atoms with van der Waals surface area (Å²) >= 11 is 0. The number of benzene rings is 2. The molecule has 6 heteroatoms. The number of nitrogens with one attached hydrogen (secondary N) is 1. The zero-order valence-corrected chi connectivity index (χ0v) is 13.9. The van der Waals surface area contributed by atoms with Gasteiger partial charge in [-0.25, -0.2) is 9.18 Å². The molecular weight excluding hydrogens is 325 g/mol. The van der Waals surface area contributed by atoms with Crippen molar-refractivity contribution < 1.29 is 23.5 Å². The van der Waals surface area contributed by atoms with E-state index in [1.807, 2.05) is 0 Å². The molecule has 0 heterocycles. The highest BCUT2D eigenvalue weighted by molar-refractivity contribution is 5.93. The van der Waals surface area contributed by atoms with Crippen LogP contribution in [0, 0.1) is 5.82 Å². The Kier molecular flexibility index (Phi) is 6.28. The second-order valence-corrected chi connectivity index (χ2v) is 5.13. The molecule has 130 valence electrons. The highest BCUT2D eigenvalue weighted by Crippen LogP contribution is 2.20. The summed E-state index contributed by atoms with van der Waals surface area (Å²) in [6.45, 7) is 0.237. The third-order valence-corrected chi connectivity index (χ3v) is 3.43. The van der Waals surface area contributed by atoms with Crippen LogP contribution in [0.4, 0.5) is 4.39 Å². The van der Waals surface area contributed by atoms with Crippen molar-refractivity contribution >= 4 is 18.0 Å². The molecule has 5 nitrogen and oxygen atoms in total. The fraction of sp³-hybridized carbons (Fsp3) is 0.158. The predicted molar refractivity (Wildman–Crippen MR) is 91.6 cm³/mol. The maximum absolute atomic E-state index is 12.8. The van der Waals surface area contributed by atoms with E-state index in [1.54, 1.807) is 36.4 Å². The van der Waals surface area contributed by atoms with E-state index >= 15 is 0 Å². The van der Waals surface area contributed by atoms with Crippen molar-refractivity contribution in [1.82, 2.24) is 5.32 Å². The maximum Gasteiger partial charge on any atom is 0.341 e. The molecule has 0 aliphatic heterocycles. The number of hydrogen-bond acceptors (Lipinski definition) is 4. The van der Waals surface area contributed by atoms with Gasteiger partial charge in [0.25, 0.3) is 0 Å². The van der Waals surface area contributed by atoms with Gasteiger partial charge in [0.05, 0.1) is 14.2 Å². The third-order valence-electron chi connectivity index (χ3n) is 3.43. The van der Waals surface area contributed by atoms with E-state index in [9.17, 15) is 14.0 Å². The Hall–Kier alpha value is -3.15. The summed E-state index contributed by atoms with van der Waals surface area (Å²) in [5.41, 5.74) is 1.73. The maximum atomic E-state index is 12.8. The fourth-order valence-corrected chi connectivity index (χ4v) is 2.13. The smallest absolute Gasteiger partial charge is 0.341 e. The van der Waals surface area contributed by atoms with E-state index in [0.29, 0.717) is 16.9 Å². The number of ether oxygens (including phenoxy) is 2. The molecule has 2 rings (SSSR count). The van der Waals surface area contributed by atoms with Crippen molar-refractivity contribution in [1.29, 1.82) is 0 Å². The summed E-state index contributed by atoms with van der Waals surface area (Å²) < 4.78 is 22.6. The molecule has 1 amide bonds. The summed E-state index contributed by atoms with van der Waals surface area (Å²) in [6, 6.07) is 10.8. The van der Waals surface area contributed by atoms with Crippen LogP contribution in [0.3, 0.4) is 0 Å². The minimum absolute atomic E-state index is 0.237. The largest absolute Gasteiger partial charge is 0.496 e. The minimum Gasteiger partial charge on any atom is -0.496 e. The molecule has 0 aliphatic carbocycles. The van der Waals surface area contributed by atoms with E-state index < -0.39 is 5.97 Å². The topological polar surface area (TPSA) is 64.6 Å². The standard InChI is InChI=1S/C19H18FNO4/c1-24-17-9-5-14(11-16(17)19(23)25-2)12-21-18(22)10-6-13-3-7-15(20)8-4-13/h3-11H,12H2,1-2H3,(H,21,22). The highest BCUT2D eigenvalue weighted by Gasteiger charge is 2.13. The van der Waals surface area contributed by atoms with E-state index in [2.05, 4.69) is 5.32 Å². The lowest BCUT2D eigenvalue weighted by atomic mass is 10.1. The molecule has 0 radical (unpaired) electrons. The lowest BCUT2D eigenvalue weighted by molar-refractivity contribution is -0.116. The van der Waals surface area contributed by atoms with Gasteiger partial charge >= 0.3 is 5.97 Å². The molecule has 0 unspecified atom stereocenters. The normalized spacial score (nSPS) is 10.5. The Balaban J connectivity index is 1.99. The molecule has 0 aliphatic rings. The van der Waals surface area contributed by atoms with Crippen LogP contribution in [0.1, 0.15) is 21.5 Å². The zero-order valence-electron chi connectivity index (χ0n) is 13.9. The average molecular weight is 343 g/mol. The third kappa shape index (κ3) is 5.17. The van der Waals surface area contributed by atoms with Crippen molar-refractivity contribution in [3.8, 4) is 5.75 Å². The van der Waals surface area contributed by atoms with Crippen LogP contribution in [0.25, 0.3) is 6.08 Å². The van der Waals surface area contributed by atoms with Crippen molar-refractivity contribution in [2.24, 2.45) is 0 Å². The molecule has 2 aromatic rings. The number of esters is 1. The second kappa shape index (κ2) is 8.63. The summed E-state index contributed by atoms with van der Waals surface area (Å²) in [5.74, 6) is -0.748. The number of halogens is 1. The fourth-order valence-electron chi connectivity index (χ4n) is 2.13. The van der Waals surface area contributed by atoms with E-state index in [0.717, 1.165) is 5.56 Å². The van der Waals surface area contributed by atoms with E-state index in [-0.39, 0.29) is 18.3 Å². The van der Waals surface area contributed by atoms with Gasteiger partial charge < -0.3 is 14.8 Å². The van der Waals surface area contributed by atoms with Crippen molar-refractivity contribution in [2.75, 3.05) is 14.2 Å². The van der Waals surface area contributed by atoms with Crippen LogP contribution in [0.5, 0.6) is 5.75 Å². The van der Waals surface area contributed by atoms with Gasteiger partial charge in [-0.1, -0.05) is 18.2 Å².